The second-order valence-corrected chi connectivity index (χ2v) is 7.61. The van der Waals surface area contributed by atoms with Gasteiger partial charge >= 0.3 is 12.1 Å². The topological polar surface area (TPSA) is 84.9 Å². The number of para-hydroxylation sites is 1. The molecule has 0 heterocycles. The van der Waals surface area contributed by atoms with Gasteiger partial charge in [0, 0.05) is 12.3 Å². The number of rotatable bonds is 8. The number of alkyl carbamates (subject to hydrolysis) is 1. The summed E-state index contributed by atoms with van der Waals surface area (Å²) in [6, 6.07) is 22.2. The first-order chi connectivity index (χ1) is 15.6. The standard InChI is InChI=1S/C26H25NO5/c1-2-31-24-14-8-3-9-17(24)15-23(25(28)29)27-26(30)32-16-22-20-12-6-4-10-18(20)19-11-5-7-13-21(19)22/h3-14,22-23H,2,15-16H2,1H3,(H,27,30)(H,28,29). The lowest BCUT2D eigenvalue weighted by atomic mass is 9.98. The van der Waals surface area contributed by atoms with Crippen LogP contribution < -0.4 is 10.1 Å². The van der Waals surface area contributed by atoms with E-state index in [2.05, 4.69) is 17.4 Å². The highest BCUT2D eigenvalue weighted by Gasteiger charge is 2.30. The van der Waals surface area contributed by atoms with Crippen LogP contribution in [0.15, 0.2) is 72.8 Å². The molecular weight excluding hydrogens is 406 g/mol. The van der Waals surface area contributed by atoms with E-state index in [-0.39, 0.29) is 18.9 Å². The molecule has 0 bridgehead atoms. The Bertz CT molecular complexity index is 1080. The van der Waals surface area contributed by atoms with Gasteiger partial charge in [-0.3, -0.25) is 0 Å². The fourth-order valence-corrected chi connectivity index (χ4v) is 4.17. The molecule has 3 aromatic carbocycles. The molecule has 1 aliphatic carbocycles. The zero-order valence-electron chi connectivity index (χ0n) is 17.8. The molecule has 6 nitrogen and oxygen atoms in total. The van der Waals surface area contributed by atoms with Gasteiger partial charge in [-0.15, -0.1) is 0 Å². The number of ether oxygens (including phenoxy) is 2. The summed E-state index contributed by atoms with van der Waals surface area (Å²) in [4.78, 5) is 24.3. The Kier molecular flexibility index (Phi) is 6.40. The van der Waals surface area contributed by atoms with Gasteiger partial charge in [0.1, 0.15) is 18.4 Å². The zero-order chi connectivity index (χ0) is 22.5. The molecule has 1 atom stereocenters. The van der Waals surface area contributed by atoms with Crippen molar-refractivity contribution in [2.45, 2.75) is 25.3 Å². The van der Waals surface area contributed by atoms with Gasteiger partial charge in [-0.2, -0.15) is 0 Å². The molecule has 0 fully saturated rings. The van der Waals surface area contributed by atoms with Crippen molar-refractivity contribution in [3.8, 4) is 16.9 Å². The van der Waals surface area contributed by atoms with E-state index in [1.165, 1.54) is 0 Å². The molecule has 1 amide bonds. The Labute approximate surface area is 186 Å². The molecule has 4 rings (SSSR count). The highest BCUT2D eigenvalue weighted by Crippen LogP contribution is 2.44. The summed E-state index contributed by atoms with van der Waals surface area (Å²) in [6.07, 6.45) is -0.663. The Balaban J connectivity index is 1.44. The zero-order valence-corrected chi connectivity index (χ0v) is 17.8. The fraction of sp³-hybridized carbons (Fsp3) is 0.231. The second kappa shape index (κ2) is 9.56. The van der Waals surface area contributed by atoms with Gasteiger partial charge < -0.3 is 19.9 Å². The van der Waals surface area contributed by atoms with Crippen LogP contribution in [0.25, 0.3) is 11.1 Å². The van der Waals surface area contributed by atoms with Crippen molar-refractivity contribution in [2.75, 3.05) is 13.2 Å². The van der Waals surface area contributed by atoms with Crippen LogP contribution >= 0.6 is 0 Å². The molecule has 0 aromatic heterocycles. The van der Waals surface area contributed by atoms with E-state index in [0.29, 0.717) is 17.9 Å². The molecule has 2 N–H and O–H groups in total. The van der Waals surface area contributed by atoms with Crippen molar-refractivity contribution in [2.24, 2.45) is 0 Å². The monoisotopic (exact) mass is 431 g/mol. The van der Waals surface area contributed by atoms with E-state index < -0.39 is 18.1 Å². The number of carboxylic acids is 1. The molecule has 164 valence electrons. The van der Waals surface area contributed by atoms with Gasteiger partial charge in [0.2, 0.25) is 0 Å². The molecule has 3 aromatic rings. The summed E-state index contributed by atoms with van der Waals surface area (Å²) in [7, 11) is 0. The number of fused-ring (bicyclic) bond motifs is 3. The minimum absolute atomic E-state index is 0.0879. The number of carboxylic acid groups (broad SMARTS) is 1. The summed E-state index contributed by atoms with van der Waals surface area (Å²) in [5.74, 6) is -0.615. The van der Waals surface area contributed by atoms with Crippen molar-refractivity contribution < 1.29 is 24.2 Å². The van der Waals surface area contributed by atoms with Crippen LogP contribution in [0, 0.1) is 0 Å². The Hall–Kier alpha value is -3.80. The van der Waals surface area contributed by atoms with Crippen molar-refractivity contribution in [1.82, 2.24) is 5.32 Å². The molecule has 1 aliphatic rings. The largest absolute Gasteiger partial charge is 0.494 e. The number of hydrogen-bond donors (Lipinski definition) is 2. The SMILES string of the molecule is CCOc1ccccc1CC(NC(=O)OCC1c2ccccc2-c2ccccc21)C(=O)O. The summed E-state index contributed by atoms with van der Waals surface area (Å²) >= 11 is 0. The molecule has 0 aliphatic heterocycles. The smallest absolute Gasteiger partial charge is 0.407 e. The highest BCUT2D eigenvalue weighted by molar-refractivity contribution is 5.81. The number of carbonyl (C=O) groups is 2. The number of amides is 1. The molecular formula is C26H25NO5. The van der Waals surface area contributed by atoms with Gasteiger partial charge in [-0.25, -0.2) is 9.59 Å². The minimum Gasteiger partial charge on any atom is -0.494 e. The average Bonchev–Trinajstić information content (AvgIpc) is 3.12. The first-order valence-electron chi connectivity index (χ1n) is 10.6. The third-order valence-corrected chi connectivity index (χ3v) is 5.63. The molecule has 0 radical (unpaired) electrons. The normalized spacial score (nSPS) is 13.0. The number of nitrogens with one attached hydrogen (secondary N) is 1. The molecule has 6 heteroatoms. The van der Waals surface area contributed by atoms with E-state index in [4.69, 9.17) is 9.47 Å². The number of aliphatic carboxylic acids is 1. The third-order valence-electron chi connectivity index (χ3n) is 5.63. The van der Waals surface area contributed by atoms with Crippen molar-refractivity contribution in [1.29, 1.82) is 0 Å². The van der Waals surface area contributed by atoms with Gasteiger partial charge in [-0.05, 0) is 40.8 Å². The van der Waals surface area contributed by atoms with Crippen molar-refractivity contribution >= 4 is 12.1 Å². The van der Waals surface area contributed by atoms with Crippen LogP contribution in [-0.4, -0.2) is 36.4 Å². The van der Waals surface area contributed by atoms with E-state index in [1.807, 2.05) is 55.5 Å². The summed E-state index contributed by atoms with van der Waals surface area (Å²) in [5.41, 5.74) is 5.17. The van der Waals surface area contributed by atoms with Crippen LogP contribution in [0.5, 0.6) is 5.75 Å². The maximum atomic E-state index is 12.5. The Morgan fingerprint density at radius 3 is 2.16 bits per heavy atom. The summed E-state index contributed by atoms with van der Waals surface area (Å²) in [6.45, 7) is 2.46. The van der Waals surface area contributed by atoms with Crippen LogP contribution in [0.4, 0.5) is 4.79 Å². The molecule has 32 heavy (non-hydrogen) atoms. The molecule has 1 unspecified atom stereocenters. The first kappa shape index (κ1) is 21.4. The van der Waals surface area contributed by atoms with Gasteiger partial charge in [0.15, 0.2) is 0 Å². The number of hydrogen-bond acceptors (Lipinski definition) is 4. The average molecular weight is 431 g/mol. The predicted molar refractivity (Wildman–Crippen MR) is 121 cm³/mol. The Morgan fingerprint density at radius 2 is 1.53 bits per heavy atom. The Morgan fingerprint density at radius 1 is 0.938 bits per heavy atom. The highest BCUT2D eigenvalue weighted by atomic mass is 16.5. The van der Waals surface area contributed by atoms with Crippen LogP contribution in [0.3, 0.4) is 0 Å². The molecule has 0 spiro atoms. The van der Waals surface area contributed by atoms with Crippen LogP contribution in [-0.2, 0) is 16.0 Å². The minimum atomic E-state index is -1.13. The van der Waals surface area contributed by atoms with Crippen molar-refractivity contribution in [3.05, 3.63) is 89.5 Å². The molecule has 0 saturated heterocycles. The van der Waals surface area contributed by atoms with Gasteiger partial charge in [0.05, 0.1) is 6.61 Å². The van der Waals surface area contributed by atoms with Gasteiger partial charge in [0.25, 0.3) is 0 Å². The summed E-state index contributed by atoms with van der Waals surface area (Å²) in [5, 5.41) is 12.1. The molecule has 0 saturated carbocycles. The van der Waals surface area contributed by atoms with E-state index in [1.54, 1.807) is 12.1 Å². The second-order valence-electron chi connectivity index (χ2n) is 7.61. The van der Waals surface area contributed by atoms with E-state index in [9.17, 15) is 14.7 Å². The van der Waals surface area contributed by atoms with Crippen LogP contribution in [0.2, 0.25) is 0 Å². The third kappa shape index (κ3) is 4.44. The summed E-state index contributed by atoms with van der Waals surface area (Å²) < 4.78 is 11.1. The quantitative estimate of drug-likeness (QED) is 0.544. The predicted octanol–water partition coefficient (Wildman–Crippen LogP) is 4.62. The van der Waals surface area contributed by atoms with Gasteiger partial charge in [-0.1, -0.05) is 66.7 Å². The maximum absolute atomic E-state index is 12.5. The number of benzene rings is 3. The van der Waals surface area contributed by atoms with Crippen molar-refractivity contribution in [3.63, 3.8) is 0 Å². The number of carbonyl (C=O) groups excluding carboxylic acids is 1. The maximum Gasteiger partial charge on any atom is 0.407 e. The van der Waals surface area contributed by atoms with E-state index >= 15 is 0 Å². The fourth-order valence-electron chi connectivity index (χ4n) is 4.17. The lowest BCUT2D eigenvalue weighted by Crippen LogP contribution is -2.43. The lowest BCUT2D eigenvalue weighted by Gasteiger charge is -2.18. The van der Waals surface area contributed by atoms with Crippen LogP contribution in [0.1, 0.15) is 29.5 Å². The lowest BCUT2D eigenvalue weighted by molar-refractivity contribution is -0.139. The first-order valence-corrected chi connectivity index (χ1v) is 10.6. The van der Waals surface area contributed by atoms with E-state index in [0.717, 1.165) is 22.3 Å².